The zero-order valence-corrected chi connectivity index (χ0v) is 9.33. The summed E-state index contributed by atoms with van der Waals surface area (Å²) in [4.78, 5) is 1.88. The van der Waals surface area contributed by atoms with E-state index in [9.17, 15) is 13.2 Å². The molecule has 2 heterocycles. The molecule has 1 aromatic carbocycles. The topological polar surface area (TPSA) is 3.24 Å². The summed E-state index contributed by atoms with van der Waals surface area (Å²) in [6.07, 6.45) is 3.09. The van der Waals surface area contributed by atoms with Crippen LogP contribution in [0.5, 0.6) is 0 Å². The molecule has 0 fully saturated rings. The van der Waals surface area contributed by atoms with Gasteiger partial charge in [0.25, 0.3) is 0 Å². The zero-order valence-electron chi connectivity index (χ0n) is 9.33. The first-order chi connectivity index (χ1) is 8.09. The maximum absolute atomic E-state index is 14.2. The summed E-state index contributed by atoms with van der Waals surface area (Å²) in [5.74, 6) is -1.89. The lowest BCUT2D eigenvalue weighted by molar-refractivity contribution is 0.114. The Bertz CT molecular complexity index is 498. The van der Waals surface area contributed by atoms with E-state index in [2.05, 4.69) is 0 Å². The summed E-state index contributed by atoms with van der Waals surface area (Å²) >= 11 is 0. The molecule has 0 aromatic heterocycles. The molecule has 3 atom stereocenters. The van der Waals surface area contributed by atoms with E-state index < -0.39 is 17.8 Å². The molecule has 4 heteroatoms. The van der Waals surface area contributed by atoms with Crippen LogP contribution in [0.3, 0.4) is 0 Å². The van der Waals surface area contributed by atoms with Crippen LogP contribution < -0.4 is 0 Å². The van der Waals surface area contributed by atoms with E-state index in [0.29, 0.717) is 17.5 Å². The van der Waals surface area contributed by atoms with Gasteiger partial charge in [0, 0.05) is 0 Å². The lowest BCUT2D eigenvalue weighted by Gasteiger charge is -2.40. The summed E-state index contributed by atoms with van der Waals surface area (Å²) in [6.45, 7) is 1.88. The van der Waals surface area contributed by atoms with Crippen LogP contribution >= 0.6 is 0 Å². The van der Waals surface area contributed by atoms with E-state index >= 15 is 0 Å². The van der Waals surface area contributed by atoms with Gasteiger partial charge in [-0.15, -0.1) is 0 Å². The second-order valence-corrected chi connectivity index (χ2v) is 4.61. The van der Waals surface area contributed by atoms with Crippen molar-refractivity contribution < 1.29 is 13.2 Å². The van der Waals surface area contributed by atoms with E-state index in [4.69, 9.17) is 0 Å². The lowest BCUT2D eigenvalue weighted by atomic mass is 9.87. The lowest BCUT2D eigenvalue weighted by Crippen LogP contribution is -2.38. The van der Waals surface area contributed by atoms with Crippen LogP contribution in [0, 0.1) is 11.6 Å². The molecule has 0 aliphatic carbocycles. The fourth-order valence-electron chi connectivity index (χ4n) is 2.79. The number of hydrogen-bond donors (Lipinski definition) is 0. The fraction of sp³-hybridized carbons (Fsp3) is 0.385. The maximum Gasteiger partial charge on any atom is 0.159 e. The van der Waals surface area contributed by atoms with E-state index in [1.54, 1.807) is 0 Å². The molecular weight excluding hydrogens is 227 g/mol. The number of benzene rings is 1. The van der Waals surface area contributed by atoms with Crippen molar-refractivity contribution in [3.63, 3.8) is 0 Å². The quantitative estimate of drug-likeness (QED) is 0.668. The number of fused-ring (bicyclic) bond motifs is 2. The molecule has 0 saturated heterocycles. The van der Waals surface area contributed by atoms with Crippen molar-refractivity contribution in [1.82, 2.24) is 4.90 Å². The minimum atomic E-state index is -1.26. The molecule has 0 radical (unpaired) electrons. The van der Waals surface area contributed by atoms with E-state index in [1.807, 2.05) is 24.1 Å². The highest BCUT2D eigenvalue weighted by Crippen LogP contribution is 2.44. The van der Waals surface area contributed by atoms with Gasteiger partial charge in [-0.25, -0.2) is 13.2 Å². The Hall–Kier alpha value is -1.45. The summed E-state index contributed by atoms with van der Waals surface area (Å²) in [7, 11) is 0. The van der Waals surface area contributed by atoms with Gasteiger partial charge in [-0.3, -0.25) is 0 Å². The standard InChI is InChI=1S/C13H12F3N/c1-7-8-5-10(14)11(15)6-9(8)13(16)12-3-2-4-17(7)12/h2,4-7,12-13H,3H2,1H3. The van der Waals surface area contributed by atoms with Crippen molar-refractivity contribution >= 4 is 0 Å². The third kappa shape index (κ3) is 1.39. The van der Waals surface area contributed by atoms with Crippen molar-refractivity contribution in [1.29, 1.82) is 0 Å². The summed E-state index contributed by atoms with van der Waals surface area (Å²) in [5, 5.41) is 0. The van der Waals surface area contributed by atoms with Gasteiger partial charge in [-0.2, -0.15) is 0 Å². The van der Waals surface area contributed by atoms with Gasteiger partial charge >= 0.3 is 0 Å². The van der Waals surface area contributed by atoms with Crippen LogP contribution in [0.4, 0.5) is 13.2 Å². The Morgan fingerprint density at radius 2 is 1.82 bits per heavy atom. The number of rotatable bonds is 0. The smallest absolute Gasteiger partial charge is 0.159 e. The molecule has 1 aromatic rings. The van der Waals surface area contributed by atoms with Crippen molar-refractivity contribution in [2.75, 3.05) is 0 Å². The number of nitrogens with zero attached hydrogens (tertiary/aromatic N) is 1. The molecular formula is C13H12F3N. The molecule has 0 saturated carbocycles. The van der Waals surface area contributed by atoms with Crippen LogP contribution in [-0.4, -0.2) is 10.9 Å². The summed E-state index contributed by atoms with van der Waals surface area (Å²) in [6, 6.07) is 1.73. The predicted octanol–water partition coefficient (Wildman–Crippen LogP) is 3.64. The van der Waals surface area contributed by atoms with Crippen LogP contribution in [0.2, 0.25) is 0 Å². The second kappa shape index (κ2) is 3.52. The second-order valence-electron chi connectivity index (χ2n) is 4.61. The third-order valence-corrected chi connectivity index (χ3v) is 3.70. The van der Waals surface area contributed by atoms with E-state index in [-0.39, 0.29) is 12.1 Å². The first-order valence-electron chi connectivity index (χ1n) is 5.66. The molecule has 0 bridgehead atoms. The van der Waals surface area contributed by atoms with Crippen LogP contribution in [0.15, 0.2) is 24.4 Å². The highest BCUT2D eigenvalue weighted by atomic mass is 19.2. The number of hydrogen-bond acceptors (Lipinski definition) is 1. The van der Waals surface area contributed by atoms with Gasteiger partial charge in [0.15, 0.2) is 11.6 Å². The van der Waals surface area contributed by atoms with Gasteiger partial charge in [-0.05, 0) is 42.8 Å². The Morgan fingerprint density at radius 3 is 2.53 bits per heavy atom. The number of halogens is 3. The third-order valence-electron chi connectivity index (χ3n) is 3.70. The first-order valence-corrected chi connectivity index (χ1v) is 5.66. The number of alkyl halides is 1. The molecule has 17 heavy (non-hydrogen) atoms. The molecule has 0 spiro atoms. The molecule has 1 nitrogen and oxygen atoms in total. The minimum absolute atomic E-state index is 0.115. The Balaban J connectivity index is 2.16. The average molecular weight is 239 g/mol. The monoisotopic (exact) mass is 239 g/mol. The van der Waals surface area contributed by atoms with Crippen LogP contribution in [-0.2, 0) is 0 Å². The molecule has 3 rings (SSSR count). The average Bonchev–Trinajstić information content (AvgIpc) is 2.78. The van der Waals surface area contributed by atoms with Crippen LogP contribution in [0.1, 0.15) is 36.7 Å². The Labute approximate surface area is 97.5 Å². The van der Waals surface area contributed by atoms with Crippen molar-refractivity contribution in [2.24, 2.45) is 0 Å². The Morgan fingerprint density at radius 1 is 1.18 bits per heavy atom. The molecule has 2 aliphatic heterocycles. The van der Waals surface area contributed by atoms with Gasteiger partial charge in [0.1, 0.15) is 6.17 Å². The largest absolute Gasteiger partial charge is 0.364 e. The SMILES string of the molecule is CC1c2cc(F)c(F)cc2C(F)C2CC=CN12. The Kier molecular flexibility index (Phi) is 2.21. The summed E-state index contributed by atoms with van der Waals surface area (Å²) in [5.41, 5.74) is 0.834. The maximum atomic E-state index is 14.2. The van der Waals surface area contributed by atoms with E-state index in [0.717, 1.165) is 12.1 Å². The van der Waals surface area contributed by atoms with Gasteiger partial charge in [0.05, 0.1) is 12.1 Å². The van der Waals surface area contributed by atoms with Crippen molar-refractivity contribution in [3.05, 3.63) is 47.2 Å². The first kappa shape index (κ1) is 10.7. The highest BCUT2D eigenvalue weighted by molar-refractivity contribution is 5.38. The zero-order chi connectivity index (χ0) is 12.2. The molecule has 90 valence electrons. The predicted molar refractivity (Wildman–Crippen MR) is 58.0 cm³/mol. The molecule has 0 amide bonds. The molecule has 3 unspecified atom stereocenters. The van der Waals surface area contributed by atoms with Gasteiger partial charge < -0.3 is 4.90 Å². The van der Waals surface area contributed by atoms with Gasteiger partial charge in [-0.1, -0.05) is 6.08 Å². The van der Waals surface area contributed by atoms with Crippen LogP contribution in [0.25, 0.3) is 0 Å². The molecule has 2 aliphatic rings. The summed E-state index contributed by atoms with van der Waals surface area (Å²) < 4.78 is 40.6. The van der Waals surface area contributed by atoms with Gasteiger partial charge in [0.2, 0.25) is 0 Å². The highest BCUT2D eigenvalue weighted by Gasteiger charge is 2.39. The molecule has 0 N–H and O–H groups in total. The van der Waals surface area contributed by atoms with E-state index in [1.165, 1.54) is 0 Å². The normalized spacial score (nSPS) is 30.4. The van der Waals surface area contributed by atoms with Crippen molar-refractivity contribution in [3.8, 4) is 0 Å². The minimum Gasteiger partial charge on any atom is -0.364 e. The van der Waals surface area contributed by atoms with Crippen molar-refractivity contribution in [2.45, 2.75) is 31.6 Å². The fourth-order valence-corrected chi connectivity index (χ4v) is 2.79.